The largest absolute Gasteiger partial charge is 0.334 e. The highest BCUT2D eigenvalue weighted by Crippen LogP contribution is 2.30. The number of rotatable bonds is 4. The van der Waals surface area contributed by atoms with Gasteiger partial charge in [-0.3, -0.25) is 9.59 Å². The van der Waals surface area contributed by atoms with Crippen LogP contribution in [-0.2, 0) is 9.59 Å². The van der Waals surface area contributed by atoms with E-state index < -0.39 is 6.04 Å². The van der Waals surface area contributed by atoms with E-state index in [4.69, 9.17) is 17.3 Å². The van der Waals surface area contributed by atoms with Crippen molar-refractivity contribution in [2.45, 2.75) is 31.8 Å². The smallest absolute Gasteiger partial charge is 0.249 e. The predicted octanol–water partition coefficient (Wildman–Crippen LogP) is 2.06. The van der Waals surface area contributed by atoms with E-state index in [1.807, 2.05) is 18.2 Å². The van der Waals surface area contributed by atoms with Crippen molar-refractivity contribution in [1.82, 2.24) is 4.90 Å². The summed E-state index contributed by atoms with van der Waals surface area (Å²) in [4.78, 5) is 27.7. The Morgan fingerprint density at radius 2 is 2.14 bits per heavy atom. The Morgan fingerprint density at radius 3 is 2.73 bits per heavy atom. The second kappa shape index (κ2) is 7.81. The summed E-state index contributed by atoms with van der Waals surface area (Å²) in [5.74, 6) is -0.201. The predicted molar refractivity (Wildman–Crippen MR) is 90.5 cm³/mol. The summed E-state index contributed by atoms with van der Waals surface area (Å²) in [5, 5.41) is 0.538. The summed E-state index contributed by atoms with van der Waals surface area (Å²) in [6.45, 7) is 2.33. The molecule has 0 bridgehead atoms. The number of likely N-dealkylation sites (N-methyl/N-ethyl adjacent to an activating group) is 1. The normalized spacial score (nSPS) is 18.8. The monoisotopic (exact) mass is 345 g/mol. The first kappa shape index (κ1) is 18.7. The van der Waals surface area contributed by atoms with Crippen LogP contribution in [0.4, 0.5) is 5.69 Å². The Labute approximate surface area is 141 Å². The van der Waals surface area contributed by atoms with E-state index >= 15 is 0 Å². The molecule has 2 amide bonds. The lowest BCUT2D eigenvalue weighted by Gasteiger charge is -2.25. The average Bonchev–Trinajstić information content (AvgIpc) is 2.79. The van der Waals surface area contributed by atoms with Crippen LogP contribution in [0.25, 0.3) is 0 Å². The topological polar surface area (TPSA) is 66.6 Å². The van der Waals surface area contributed by atoms with E-state index in [0.29, 0.717) is 23.7 Å². The van der Waals surface area contributed by atoms with E-state index in [0.717, 1.165) is 0 Å². The van der Waals surface area contributed by atoms with Gasteiger partial charge in [0.2, 0.25) is 11.8 Å². The van der Waals surface area contributed by atoms with Crippen LogP contribution < -0.4 is 10.6 Å². The molecule has 1 heterocycles. The molecule has 2 rings (SSSR count). The van der Waals surface area contributed by atoms with Crippen LogP contribution >= 0.6 is 24.0 Å². The zero-order valence-electron chi connectivity index (χ0n) is 12.7. The van der Waals surface area contributed by atoms with Crippen molar-refractivity contribution in [2.75, 3.05) is 18.5 Å². The van der Waals surface area contributed by atoms with Gasteiger partial charge in [-0.2, -0.15) is 0 Å². The molecular formula is C15H21Cl2N3O2. The third-order valence-electron chi connectivity index (χ3n) is 3.68. The van der Waals surface area contributed by atoms with Crippen LogP contribution in [0.3, 0.4) is 0 Å². The molecule has 5 nitrogen and oxygen atoms in total. The molecule has 0 aliphatic carbocycles. The molecule has 7 heteroatoms. The number of halogens is 2. The Kier molecular flexibility index (Phi) is 6.66. The van der Waals surface area contributed by atoms with Gasteiger partial charge in [-0.15, -0.1) is 12.4 Å². The van der Waals surface area contributed by atoms with Crippen LogP contribution in [-0.4, -0.2) is 42.4 Å². The lowest BCUT2D eigenvalue weighted by Crippen LogP contribution is -2.44. The molecule has 22 heavy (non-hydrogen) atoms. The lowest BCUT2D eigenvalue weighted by atomic mass is 10.1. The van der Waals surface area contributed by atoms with Gasteiger partial charge in [0.25, 0.3) is 0 Å². The maximum Gasteiger partial charge on any atom is 0.249 e. The number of nitrogens with zero attached hydrogens (tertiary/aromatic N) is 2. The van der Waals surface area contributed by atoms with E-state index in [2.05, 4.69) is 0 Å². The number of hydrogen-bond donors (Lipinski definition) is 1. The van der Waals surface area contributed by atoms with Gasteiger partial charge in [0.1, 0.15) is 6.04 Å². The fraction of sp³-hybridized carbons (Fsp3) is 0.467. The van der Waals surface area contributed by atoms with Crippen molar-refractivity contribution >= 4 is 41.5 Å². The molecule has 2 atom stereocenters. The standard InChI is InChI=1S/C15H20ClN3O2.ClH/c1-10(17)9-14(20)18(2)13-7-8-19(15(13)21)12-6-4-3-5-11(12)16;/h3-6,10,13H,7-9,17H2,1-2H3;1H. The minimum Gasteiger partial charge on any atom is -0.334 e. The molecule has 1 aromatic carbocycles. The molecule has 122 valence electrons. The molecule has 2 unspecified atom stereocenters. The highest BCUT2D eigenvalue weighted by Gasteiger charge is 2.37. The molecule has 1 aromatic rings. The summed E-state index contributed by atoms with van der Waals surface area (Å²) in [7, 11) is 1.66. The number of amides is 2. The Balaban J connectivity index is 0.00000242. The molecule has 0 spiro atoms. The summed E-state index contributed by atoms with van der Waals surface area (Å²) < 4.78 is 0. The highest BCUT2D eigenvalue weighted by molar-refractivity contribution is 6.34. The highest BCUT2D eigenvalue weighted by atomic mass is 35.5. The van der Waals surface area contributed by atoms with E-state index in [1.165, 1.54) is 4.90 Å². The number of para-hydroxylation sites is 1. The first-order valence-corrected chi connectivity index (χ1v) is 7.36. The average molecular weight is 346 g/mol. The number of carbonyl (C=O) groups is 2. The van der Waals surface area contributed by atoms with E-state index in [9.17, 15) is 9.59 Å². The first-order chi connectivity index (χ1) is 9.91. The fourth-order valence-electron chi connectivity index (χ4n) is 2.53. The van der Waals surface area contributed by atoms with Gasteiger partial charge in [0, 0.05) is 26.1 Å². The van der Waals surface area contributed by atoms with Crippen molar-refractivity contribution in [3.8, 4) is 0 Å². The molecule has 1 fully saturated rings. The molecule has 1 aliphatic rings. The number of anilines is 1. The van der Waals surface area contributed by atoms with Crippen molar-refractivity contribution in [3.63, 3.8) is 0 Å². The maximum absolute atomic E-state index is 12.5. The zero-order chi connectivity index (χ0) is 15.6. The van der Waals surface area contributed by atoms with Gasteiger partial charge in [-0.25, -0.2) is 0 Å². The van der Waals surface area contributed by atoms with Crippen molar-refractivity contribution in [2.24, 2.45) is 5.73 Å². The van der Waals surface area contributed by atoms with Gasteiger partial charge in [0.05, 0.1) is 10.7 Å². The summed E-state index contributed by atoms with van der Waals surface area (Å²) in [5.41, 5.74) is 6.34. The SMILES string of the molecule is CC(N)CC(=O)N(C)C1CCN(c2ccccc2Cl)C1=O.Cl. The second-order valence-corrected chi connectivity index (χ2v) is 5.84. The molecule has 2 N–H and O–H groups in total. The third-order valence-corrected chi connectivity index (χ3v) is 4.00. The quantitative estimate of drug-likeness (QED) is 0.908. The Morgan fingerprint density at radius 1 is 1.50 bits per heavy atom. The van der Waals surface area contributed by atoms with Crippen molar-refractivity contribution in [3.05, 3.63) is 29.3 Å². The number of nitrogens with two attached hydrogens (primary N) is 1. The fourth-order valence-corrected chi connectivity index (χ4v) is 2.77. The summed E-state index contributed by atoms with van der Waals surface area (Å²) in [6, 6.07) is 6.58. The molecule has 0 saturated carbocycles. The Hall–Kier alpha value is -1.30. The number of carbonyl (C=O) groups excluding carboxylic acids is 2. The first-order valence-electron chi connectivity index (χ1n) is 6.99. The van der Waals surface area contributed by atoms with Gasteiger partial charge in [-0.1, -0.05) is 23.7 Å². The van der Waals surface area contributed by atoms with Gasteiger partial charge in [-0.05, 0) is 25.5 Å². The van der Waals surface area contributed by atoms with Crippen LogP contribution in [0.15, 0.2) is 24.3 Å². The molecular weight excluding hydrogens is 325 g/mol. The maximum atomic E-state index is 12.5. The molecule has 0 radical (unpaired) electrons. The van der Waals surface area contributed by atoms with Crippen molar-refractivity contribution in [1.29, 1.82) is 0 Å². The van der Waals surface area contributed by atoms with Crippen LogP contribution in [0, 0.1) is 0 Å². The molecule has 0 aromatic heterocycles. The Bertz CT molecular complexity index is 551. The second-order valence-electron chi connectivity index (χ2n) is 5.43. The summed E-state index contributed by atoms with van der Waals surface area (Å²) >= 11 is 6.14. The van der Waals surface area contributed by atoms with E-state index in [1.54, 1.807) is 24.9 Å². The van der Waals surface area contributed by atoms with Gasteiger partial charge in [0.15, 0.2) is 0 Å². The summed E-state index contributed by atoms with van der Waals surface area (Å²) in [6.07, 6.45) is 0.845. The van der Waals surface area contributed by atoms with Gasteiger partial charge < -0.3 is 15.5 Å². The minimum atomic E-state index is -0.437. The van der Waals surface area contributed by atoms with Crippen LogP contribution in [0.1, 0.15) is 19.8 Å². The zero-order valence-corrected chi connectivity index (χ0v) is 14.2. The number of benzene rings is 1. The lowest BCUT2D eigenvalue weighted by molar-refractivity contribution is -0.136. The number of hydrogen-bond acceptors (Lipinski definition) is 3. The van der Waals surface area contributed by atoms with Crippen LogP contribution in [0.2, 0.25) is 5.02 Å². The third kappa shape index (κ3) is 3.91. The van der Waals surface area contributed by atoms with E-state index in [-0.39, 0.29) is 36.7 Å². The molecule has 1 saturated heterocycles. The minimum absolute atomic E-state index is 0. The van der Waals surface area contributed by atoms with Gasteiger partial charge >= 0.3 is 0 Å². The van der Waals surface area contributed by atoms with Crippen molar-refractivity contribution < 1.29 is 9.59 Å². The molecule has 1 aliphatic heterocycles. The van der Waals surface area contributed by atoms with Crippen LogP contribution in [0.5, 0.6) is 0 Å².